The Kier molecular flexibility index (Phi) is 4.38. The van der Waals surface area contributed by atoms with Gasteiger partial charge in [0, 0.05) is 7.11 Å². The van der Waals surface area contributed by atoms with Gasteiger partial charge in [0.15, 0.2) is 5.76 Å². The molecule has 0 N–H and O–H groups in total. The zero-order chi connectivity index (χ0) is 15.5. The summed E-state index contributed by atoms with van der Waals surface area (Å²) in [7, 11) is 1.64. The molecule has 0 spiro atoms. The van der Waals surface area contributed by atoms with Gasteiger partial charge in [0.2, 0.25) is 11.7 Å². The third-order valence-corrected chi connectivity index (χ3v) is 3.77. The van der Waals surface area contributed by atoms with E-state index in [1.807, 2.05) is 13.8 Å². The monoisotopic (exact) mass is 290 g/mol. The van der Waals surface area contributed by atoms with Crippen LogP contribution in [-0.4, -0.2) is 22.4 Å². The smallest absolute Gasteiger partial charge is 0.232 e. The van der Waals surface area contributed by atoms with Crippen molar-refractivity contribution in [2.45, 2.75) is 45.6 Å². The predicted molar refractivity (Wildman–Crippen MR) is 72.3 cm³/mol. The lowest BCUT2D eigenvalue weighted by Gasteiger charge is -2.25. The molecule has 0 saturated carbocycles. The van der Waals surface area contributed by atoms with Gasteiger partial charge in [0.1, 0.15) is 22.9 Å². The summed E-state index contributed by atoms with van der Waals surface area (Å²) in [6.07, 6.45) is 1.75. The summed E-state index contributed by atoms with van der Waals surface area (Å²) in [6.45, 7) is 5.72. The van der Waals surface area contributed by atoms with Crippen LogP contribution < -0.4 is 0 Å². The predicted octanol–water partition coefficient (Wildman–Crippen LogP) is 2.49. The van der Waals surface area contributed by atoms with E-state index in [1.165, 1.54) is 0 Å². The molecule has 0 aliphatic heterocycles. The Morgan fingerprint density at radius 2 is 1.95 bits per heavy atom. The number of hydrogen-bond donors (Lipinski definition) is 0. The van der Waals surface area contributed by atoms with Gasteiger partial charge in [-0.25, -0.2) is 0 Å². The first kappa shape index (κ1) is 15.2. The Hall–Kier alpha value is -2.20. The number of hydrogen-bond acceptors (Lipinski definition) is 7. The van der Waals surface area contributed by atoms with Crippen molar-refractivity contribution >= 4 is 0 Å². The van der Waals surface area contributed by atoms with E-state index in [-0.39, 0.29) is 6.42 Å². The van der Waals surface area contributed by atoms with Gasteiger partial charge in [-0.15, -0.1) is 0 Å². The molecular weight excluding hydrogens is 272 g/mol. The van der Waals surface area contributed by atoms with Crippen LogP contribution in [0.15, 0.2) is 9.05 Å². The van der Waals surface area contributed by atoms with Crippen molar-refractivity contribution in [1.82, 2.24) is 15.3 Å². The Bertz CT molecular complexity index is 641. The molecule has 112 valence electrons. The first-order chi connectivity index (χ1) is 10.1. The van der Waals surface area contributed by atoms with Gasteiger partial charge in [-0.1, -0.05) is 24.2 Å². The molecule has 0 saturated heterocycles. The highest BCUT2D eigenvalue weighted by Crippen LogP contribution is 2.30. The molecule has 0 aliphatic rings. The van der Waals surface area contributed by atoms with Crippen molar-refractivity contribution in [3.63, 3.8) is 0 Å². The van der Waals surface area contributed by atoms with E-state index >= 15 is 0 Å². The second kappa shape index (κ2) is 6.06. The molecule has 0 atom stereocenters. The third-order valence-electron chi connectivity index (χ3n) is 3.77. The zero-order valence-corrected chi connectivity index (χ0v) is 12.6. The van der Waals surface area contributed by atoms with Crippen molar-refractivity contribution in [3.8, 4) is 6.07 Å². The summed E-state index contributed by atoms with van der Waals surface area (Å²) in [5.41, 5.74) is 0.375. The molecular formula is C14H18N4O3. The Morgan fingerprint density at radius 3 is 2.52 bits per heavy atom. The average Bonchev–Trinajstić information content (AvgIpc) is 3.10. The van der Waals surface area contributed by atoms with Crippen LogP contribution in [-0.2, 0) is 16.8 Å². The number of rotatable bonds is 6. The van der Waals surface area contributed by atoms with Crippen LogP contribution in [0, 0.1) is 18.3 Å². The minimum atomic E-state index is -0.542. The summed E-state index contributed by atoms with van der Waals surface area (Å²) in [5, 5.41) is 16.9. The zero-order valence-electron chi connectivity index (χ0n) is 12.6. The van der Waals surface area contributed by atoms with Crippen LogP contribution in [0.2, 0.25) is 0 Å². The quantitative estimate of drug-likeness (QED) is 0.805. The molecule has 7 nitrogen and oxygen atoms in total. The molecule has 0 aromatic carbocycles. The van der Waals surface area contributed by atoms with Gasteiger partial charge in [-0.3, -0.25) is 0 Å². The Balaban J connectivity index is 2.26. The lowest BCUT2D eigenvalue weighted by Crippen LogP contribution is -2.28. The minimum Gasteiger partial charge on any atom is -0.370 e. The molecule has 0 radical (unpaired) electrons. The fourth-order valence-electron chi connectivity index (χ4n) is 2.28. The maximum atomic E-state index is 9.08. The van der Waals surface area contributed by atoms with Crippen LogP contribution in [0.5, 0.6) is 0 Å². The van der Waals surface area contributed by atoms with Crippen molar-refractivity contribution in [2.24, 2.45) is 0 Å². The third kappa shape index (κ3) is 2.67. The maximum absolute atomic E-state index is 9.08. The van der Waals surface area contributed by atoms with Crippen LogP contribution in [0.4, 0.5) is 0 Å². The summed E-state index contributed by atoms with van der Waals surface area (Å²) >= 11 is 0. The molecule has 0 fully saturated rings. The Labute approximate surface area is 122 Å². The molecule has 2 heterocycles. The number of nitrogens with zero attached hydrogens (tertiary/aromatic N) is 4. The van der Waals surface area contributed by atoms with Gasteiger partial charge in [0.25, 0.3) is 0 Å². The van der Waals surface area contributed by atoms with Gasteiger partial charge < -0.3 is 13.8 Å². The highest BCUT2D eigenvalue weighted by Gasteiger charge is 2.33. The van der Waals surface area contributed by atoms with Crippen LogP contribution in [0.1, 0.15) is 55.4 Å². The van der Waals surface area contributed by atoms with Gasteiger partial charge in [0.05, 0.1) is 6.42 Å². The van der Waals surface area contributed by atoms with Gasteiger partial charge >= 0.3 is 0 Å². The molecule has 2 aromatic heterocycles. The first-order valence-electron chi connectivity index (χ1n) is 6.83. The molecule has 2 aromatic rings. The van der Waals surface area contributed by atoms with E-state index in [0.717, 1.165) is 12.8 Å². The van der Waals surface area contributed by atoms with E-state index in [4.69, 9.17) is 19.0 Å². The molecule has 0 unspecified atom stereocenters. The lowest BCUT2D eigenvalue weighted by molar-refractivity contribution is -0.0306. The van der Waals surface area contributed by atoms with Crippen molar-refractivity contribution < 1.29 is 13.8 Å². The number of methoxy groups -OCH3 is 1. The van der Waals surface area contributed by atoms with Crippen molar-refractivity contribution in [3.05, 3.63) is 28.7 Å². The van der Waals surface area contributed by atoms with Crippen LogP contribution in [0.3, 0.4) is 0 Å². The van der Waals surface area contributed by atoms with Gasteiger partial charge in [-0.05, 0) is 19.8 Å². The molecule has 0 bridgehead atoms. The summed E-state index contributed by atoms with van der Waals surface area (Å²) < 4.78 is 15.8. The SMILES string of the molecule is CCC(CC)(OC)c1noc(Cc2noc(C)c2C#N)n1. The normalized spacial score (nSPS) is 11.6. The first-order valence-corrected chi connectivity index (χ1v) is 6.83. The summed E-state index contributed by atoms with van der Waals surface area (Å²) in [6, 6.07) is 2.06. The number of aryl methyl sites for hydroxylation is 1. The summed E-state index contributed by atoms with van der Waals surface area (Å²) in [5.74, 6) is 1.39. The second-order valence-electron chi connectivity index (χ2n) is 4.77. The van der Waals surface area contributed by atoms with Crippen LogP contribution in [0.25, 0.3) is 0 Å². The molecule has 0 aliphatic carbocycles. The lowest BCUT2D eigenvalue weighted by atomic mass is 9.96. The second-order valence-corrected chi connectivity index (χ2v) is 4.77. The van der Waals surface area contributed by atoms with E-state index in [9.17, 15) is 0 Å². The topological polar surface area (TPSA) is 98.0 Å². The molecule has 7 heteroatoms. The van der Waals surface area contributed by atoms with Crippen molar-refractivity contribution in [1.29, 1.82) is 5.26 Å². The molecule has 0 amide bonds. The average molecular weight is 290 g/mol. The number of nitriles is 1. The minimum absolute atomic E-state index is 0.264. The fraction of sp³-hybridized carbons (Fsp3) is 0.571. The standard InChI is InChI=1S/C14H18N4O3/c1-5-14(6-2,19-4)13-16-12(21-18-13)7-11-10(8-15)9(3)20-17-11/h5-7H2,1-4H3. The Morgan fingerprint density at radius 1 is 1.24 bits per heavy atom. The van der Waals surface area contributed by atoms with Gasteiger partial charge in [-0.2, -0.15) is 10.2 Å². The van der Waals surface area contributed by atoms with E-state index in [0.29, 0.717) is 28.7 Å². The van der Waals surface area contributed by atoms with E-state index in [2.05, 4.69) is 21.4 Å². The fourth-order valence-corrected chi connectivity index (χ4v) is 2.28. The number of aromatic nitrogens is 3. The van der Waals surface area contributed by atoms with E-state index < -0.39 is 5.60 Å². The summed E-state index contributed by atoms with van der Waals surface area (Å²) in [4.78, 5) is 4.38. The highest BCUT2D eigenvalue weighted by molar-refractivity contribution is 5.36. The number of ether oxygens (including phenoxy) is 1. The molecule has 2 rings (SSSR count). The highest BCUT2D eigenvalue weighted by atomic mass is 16.5. The van der Waals surface area contributed by atoms with Crippen molar-refractivity contribution in [2.75, 3.05) is 7.11 Å². The van der Waals surface area contributed by atoms with Crippen LogP contribution >= 0.6 is 0 Å². The maximum Gasteiger partial charge on any atom is 0.232 e. The largest absolute Gasteiger partial charge is 0.370 e. The molecule has 21 heavy (non-hydrogen) atoms. The van der Waals surface area contributed by atoms with E-state index in [1.54, 1.807) is 14.0 Å².